The Morgan fingerprint density at radius 3 is 1.23 bits per heavy atom. The average molecular weight is 2060 g/mol. The van der Waals surface area contributed by atoms with E-state index in [1.165, 1.54) is 104 Å². The number of anilines is 2. The Labute approximate surface area is 816 Å². The molecule has 62 nitrogen and oxygen atoms in total. The van der Waals surface area contributed by atoms with E-state index in [2.05, 4.69) is 104 Å². The fourth-order valence-electron chi connectivity index (χ4n) is 15.2. The molecule has 0 saturated carbocycles. The monoisotopic (exact) mass is 2060 g/mol. The fraction of sp³-hybridized carbons (Fsp3) is 0.649. The molecule has 3 saturated heterocycles. The Morgan fingerprint density at radius 2 is 0.831 bits per heavy atom. The molecule has 3 aliphatic rings. The summed E-state index contributed by atoms with van der Waals surface area (Å²) < 4.78 is 95.7. The minimum Gasteiger partial charge on any atom is -0.382 e. The van der Waals surface area contributed by atoms with E-state index in [1.807, 2.05) is 0 Å². The number of carbonyl (C=O) groups excluding carboxylic acids is 7. The van der Waals surface area contributed by atoms with E-state index < -0.39 is 198 Å². The summed E-state index contributed by atoms with van der Waals surface area (Å²) >= 11 is 0. The number of H-pyrrole nitrogens is 2. The first-order valence-electron chi connectivity index (χ1n) is 45.6. The highest BCUT2D eigenvalue weighted by molar-refractivity contribution is 7.55. The van der Waals surface area contributed by atoms with Gasteiger partial charge in [0.25, 0.3) is 18.6 Å². The van der Waals surface area contributed by atoms with Crippen LogP contribution in [0.4, 0.5) is 11.8 Å². The lowest BCUT2D eigenvalue weighted by Gasteiger charge is -2.45. The normalized spacial score (nSPS) is 19.4. The van der Waals surface area contributed by atoms with Crippen LogP contribution in [0.25, 0.3) is 22.3 Å². The minimum atomic E-state index is -4.48. The van der Waals surface area contributed by atoms with Gasteiger partial charge < -0.3 is 148 Å². The zero-order valence-electron chi connectivity index (χ0n) is 80.7. The molecule has 0 aliphatic carbocycles. The second-order valence-corrected chi connectivity index (χ2v) is 42.1. The van der Waals surface area contributed by atoms with Crippen molar-refractivity contribution in [2.75, 3.05) is 172 Å². The van der Waals surface area contributed by atoms with Gasteiger partial charge in [0.1, 0.15) is 54.4 Å². The number of nitrogen functional groups attached to an aromatic ring is 2. The summed E-state index contributed by atoms with van der Waals surface area (Å²) in [5.74, 6) is -8.79. The first-order valence-corrected chi connectivity index (χ1v) is 50.7. The number of ether oxygens (including phenoxy) is 3. The van der Waals surface area contributed by atoms with E-state index in [-0.39, 0.29) is 207 Å². The van der Waals surface area contributed by atoms with E-state index >= 15 is 23.5 Å². The quantitative estimate of drug-likeness (QED) is 0.00744. The van der Waals surface area contributed by atoms with E-state index in [0.29, 0.717) is 13.0 Å². The number of carbonyl (C=O) groups is 7. The summed E-state index contributed by atoms with van der Waals surface area (Å²) in [5, 5.41) is 81.5. The summed E-state index contributed by atoms with van der Waals surface area (Å²) in [6.45, 7) is 1.26. The van der Waals surface area contributed by atoms with Crippen molar-refractivity contribution in [3.63, 3.8) is 0 Å². The molecule has 0 bridgehead atoms. The maximum Gasteiger partial charge on any atom is 0.345 e. The first kappa shape index (κ1) is 115. The van der Waals surface area contributed by atoms with Crippen molar-refractivity contribution in [2.45, 2.75) is 164 Å². The van der Waals surface area contributed by atoms with Crippen LogP contribution in [0, 0.1) is 39.4 Å². The van der Waals surface area contributed by atoms with Crippen molar-refractivity contribution in [3.05, 3.63) is 61.9 Å². The van der Waals surface area contributed by atoms with Gasteiger partial charge in [0.05, 0.1) is 76.9 Å². The second-order valence-electron chi connectivity index (χ2n) is 34.3. The highest BCUT2D eigenvalue weighted by Crippen LogP contribution is 2.57. The number of hydrogen-bond donors (Lipinski definition) is 29. The van der Waals surface area contributed by atoms with Gasteiger partial charge in [0, 0.05) is 77.3 Å². The van der Waals surface area contributed by atoms with Gasteiger partial charge in [-0.1, -0.05) is 6.92 Å². The molecule has 65 heteroatoms. The van der Waals surface area contributed by atoms with Gasteiger partial charge >= 0.3 is 21.0 Å². The Balaban J connectivity index is 1.07. The van der Waals surface area contributed by atoms with Gasteiger partial charge in [-0.05, 0) is 133 Å². The Hall–Kier alpha value is -12.7. The molecule has 0 spiro atoms. The molecule has 3 fully saturated rings. The largest absolute Gasteiger partial charge is 0.382 e. The number of aromatic nitrogens is 10. The Bertz CT molecular complexity index is 5560. The van der Waals surface area contributed by atoms with Crippen LogP contribution >= 0.6 is 22.9 Å². The number of likely N-dealkylation sites (N-methyl/N-ethyl adjacent to an activating group) is 1. The summed E-state index contributed by atoms with van der Waals surface area (Å²) in [6, 6.07) is -8.40. The minimum absolute atomic E-state index is 0.00947. The predicted molar refractivity (Wildman–Crippen MR) is 523 cm³/mol. The number of nitrogens with zero attached hydrogens (tertiary/aromatic N) is 14. The molecule has 15 unspecified atom stereocenters. The molecular formula is C77H138N43O19P3. The van der Waals surface area contributed by atoms with Crippen LogP contribution in [0.2, 0.25) is 0 Å². The number of morpholine rings is 3. The maximum atomic E-state index is 16.4. The number of rotatable bonds is 56. The first-order chi connectivity index (χ1) is 67.1. The van der Waals surface area contributed by atoms with E-state index in [9.17, 15) is 38.1 Å². The van der Waals surface area contributed by atoms with E-state index in [1.54, 1.807) is 21.0 Å². The summed E-state index contributed by atoms with van der Waals surface area (Å²) in [5.41, 5.74) is 43.9. The molecule has 142 heavy (non-hydrogen) atoms. The molecule has 790 valence electrons. The molecule has 8 rings (SSSR count). The van der Waals surface area contributed by atoms with Crippen molar-refractivity contribution >= 4 is 134 Å². The SMILES string of the molecule is CCNC(CCCNC(=N)N)C(=O)NC(CCCNC(=N)N)C(=O)NC(CCCNC(=N)N)C(=O)NC(CCCNC(=N)N)C(=O)NC(CCCNC(=N)N)C(=O)NC(CCCNC(=N)N)C(=O)NCC(=O)N1CC(COP(=O)(N(C)C)N2CC(COP(=O)(N(C)C)N3CC(COP(C)(=O)N(C)C)OC(n4cc(C)c(=O)[nH]c4=O)C3)OC(n3cnc4c(N)ncnc43)C2)OC(n2cnc3c(=O)[nH]c(N)nc32)C1. The highest BCUT2D eigenvalue weighted by Gasteiger charge is 2.48. The van der Waals surface area contributed by atoms with Crippen LogP contribution in [0.1, 0.15) is 108 Å². The van der Waals surface area contributed by atoms with Gasteiger partial charge in [-0.3, -0.25) is 113 Å². The zero-order chi connectivity index (χ0) is 105. The van der Waals surface area contributed by atoms with Crippen molar-refractivity contribution in [1.82, 2.24) is 146 Å². The van der Waals surface area contributed by atoms with Crippen LogP contribution in [-0.4, -0.2) is 369 Å². The number of hydrogen-bond acceptors (Lipinski definition) is 33. The zero-order valence-corrected chi connectivity index (χ0v) is 83.4. The van der Waals surface area contributed by atoms with Crippen LogP contribution < -0.4 is 132 Å². The lowest BCUT2D eigenvalue weighted by atomic mass is 10.0. The number of guanidine groups is 6. The van der Waals surface area contributed by atoms with Crippen molar-refractivity contribution < 1.29 is 75.0 Å². The Kier molecular flexibility index (Phi) is 43.5. The van der Waals surface area contributed by atoms with Gasteiger partial charge in [0.15, 0.2) is 70.8 Å². The number of amides is 7. The van der Waals surface area contributed by atoms with Crippen LogP contribution in [-0.2, 0) is 75.0 Å². The molecule has 37 N–H and O–H groups in total. The summed E-state index contributed by atoms with van der Waals surface area (Å²) in [4.78, 5) is 171. The summed E-state index contributed by atoms with van der Waals surface area (Å²) in [6.07, 6.45) is -2.15. The smallest absolute Gasteiger partial charge is 0.345 e. The second kappa shape index (κ2) is 54.0. The number of nitrogens with two attached hydrogens (primary N) is 8. The summed E-state index contributed by atoms with van der Waals surface area (Å²) in [7, 11) is -3.18. The van der Waals surface area contributed by atoms with Gasteiger partial charge in [-0.15, -0.1) is 0 Å². The van der Waals surface area contributed by atoms with Crippen molar-refractivity contribution in [2.24, 2.45) is 34.4 Å². The van der Waals surface area contributed by atoms with Crippen LogP contribution in [0.15, 0.2) is 39.6 Å². The average Bonchev–Trinajstić information content (AvgIpc) is 1.24. The van der Waals surface area contributed by atoms with E-state index in [4.69, 9.17) is 106 Å². The third kappa shape index (κ3) is 33.7. The molecule has 7 amide bonds. The van der Waals surface area contributed by atoms with Gasteiger partial charge in [-0.25, -0.2) is 48.1 Å². The molecule has 3 aliphatic heterocycles. The van der Waals surface area contributed by atoms with Crippen molar-refractivity contribution in [3.8, 4) is 0 Å². The van der Waals surface area contributed by atoms with Gasteiger partial charge in [0.2, 0.25) is 47.3 Å². The molecule has 5 aromatic rings. The number of imidazole rings is 2. The topological polar surface area (TPSA) is 915 Å². The lowest BCUT2D eigenvalue weighted by Crippen LogP contribution is -2.60. The third-order valence-corrected chi connectivity index (χ3v) is 29.9. The maximum absolute atomic E-state index is 16.4. The Morgan fingerprint density at radius 1 is 0.465 bits per heavy atom. The van der Waals surface area contributed by atoms with Gasteiger partial charge in [-0.2, -0.15) is 4.98 Å². The molecular weight excluding hydrogens is 1920 g/mol. The number of aryl methyl sites for hydroxylation is 1. The molecule has 15 atom stereocenters. The fourth-order valence-corrected chi connectivity index (χ4v) is 19.9. The van der Waals surface area contributed by atoms with Crippen molar-refractivity contribution in [1.29, 1.82) is 32.5 Å². The predicted octanol–water partition coefficient (Wildman–Crippen LogP) is -8.02. The third-order valence-electron chi connectivity index (χ3n) is 22.7. The lowest BCUT2D eigenvalue weighted by molar-refractivity contribution is -0.158. The standard InChI is InChI=1S/C77H138N43O19P3/c1-10-92-47(17-11-23-93-70(79)80)64(124)105-49(19-13-25-95-72(83)84)66(126)107-51(21-15-27-97-74(87)88)68(128)108-52(22-16-28-98-75(89)90)67(127)106-50(20-14-26-96-73(85)86)65(125)104-48(18-12-24-94-71(81)82)63(123)99-29-53(121)115-31-44(137-54(34-115)120-42-103-58-61(120)109-76(91)110-69(58)129)38-135-142(133,114(7)8)117-33-46(139-56(36-117)119-41-102-57-59(78)100-40-101-60(57)119)39-136-141(132,113(5)6)116-32-45(37-134-140(9,131)112(3)4)138-55(35-116)118-30-43(2)62(122)111-77(118)130/h30,40-42,44-52,54-56,92H,10-29,31-39H2,1-9H3,(H,99,123)(H,104,125)(H,105,124)(H,106,127)(H,107,126)(H,108,128)(H2,78,100,101)(H4,79,80,93)(H4,81,82,94)(H4,83,84,95)(H4,85,86,96)(H4,87,88,97)(H4,89,90,98)(H,111,122,130)(H3,91,109,110,129). The number of nitrogens with one attached hydrogen (secondary N) is 21. The molecule has 8 heterocycles. The molecule has 0 radical (unpaired) electrons. The number of fused-ring (bicyclic) bond motifs is 2. The molecule has 0 aromatic carbocycles. The highest BCUT2D eigenvalue weighted by atomic mass is 31.2. The van der Waals surface area contributed by atoms with E-state index in [0.717, 1.165) is 4.57 Å². The molecule has 5 aromatic heterocycles. The number of aromatic amines is 2. The van der Waals surface area contributed by atoms with Crippen LogP contribution in [0.5, 0.6) is 0 Å². The van der Waals surface area contributed by atoms with Crippen LogP contribution in [0.3, 0.4) is 0 Å².